The van der Waals surface area contributed by atoms with Crippen molar-refractivity contribution in [3.63, 3.8) is 0 Å². The highest BCUT2D eigenvalue weighted by atomic mass is 16.5. The summed E-state index contributed by atoms with van der Waals surface area (Å²) in [6, 6.07) is 7.37. The Morgan fingerprint density at radius 1 is 1.06 bits per heavy atom. The van der Waals surface area contributed by atoms with Gasteiger partial charge >= 0.3 is 0 Å². The molecule has 0 spiro atoms. The number of methoxy groups -OCH3 is 2. The Labute approximate surface area is 185 Å². The first-order valence-corrected chi connectivity index (χ1v) is 10.0. The molecule has 1 atom stereocenters. The van der Waals surface area contributed by atoms with Crippen molar-refractivity contribution in [1.29, 1.82) is 0 Å². The standard InChI is InChI=1S/C24H23N5O3/c1-15(16-4-6-21(31-2)22(9-16)32-3)29-23(30)7-5-17-12-27-24-20(17)8-18(13-28-24)19-10-25-14-26-11-19/h4-15H,1-3H3,(H,27,28)(H,29,30)/b7-5+/t15-/m1/s1. The largest absolute Gasteiger partial charge is 0.493 e. The number of rotatable bonds is 7. The molecule has 3 heterocycles. The summed E-state index contributed by atoms with van der Waals surface area (Å²) in [6.07, 6.45) is 11.8. The van der Waals surface area contributed by atoms with Crippen molar-refractivity contribution >= 4 is 23.0 Å². The normalized spacial score (nSPS) is 12.1. The topological polar surface area (TPSA) is 102 Å². The molecule has 0 bridgehead atoms. The fraction of sp³-hybridized carbons (Fsp3) is 0.167. The van der Waals surface area contributed by atoms with Gasteiger partial charge < -0.3 is 19.8 Å². The molecule has 32 heavy (non-hydrogen) atoms. The van der Waals surface area contributed by atoms with E-state index in [1.807, 2.05) is 37.4 Å². The maximum atomic E-state index is 12.5. The predicted octanol–water partition coefficient (Wildman–Crippen LogP) is 3.93. The van der Waals surface area contributed by atoms with E-state index in [0.717, 1.165) is 33.3 Å². The number of nitrogens with zero attached hydrogens (tertiary/aromatic N) is 3. The Kier molecular flexibility index (Phi) is 6.12. The quantitative estimate of drug-likeness (QED) is 0.432. The molecular formula is C24H23N5O3. The minimum Gasteiger partial charge on any atom is -0.493 e. The van der Waals surface area contributed by atoms with Crippen LogP contribution in [0.1, 0.15) is 24.1 Å². The van der Waals surface area contributed by atoms with E-state index < -0.39 is 0 Å². The molecule has 0 radical (unpaired) electrons. The average Bonchev–Trinajstić information content (AvgIpc) is 3.25. The number of H-pyrrole nitrogens is 1. The number of benzene rings is 1. The zero-order chi connectivity index (χ0) is 22.5. The maximum absolute atomic E-state index is 12.5. The van der Waals surface area contributed by atoms with E-state index in [9.17, 15) is 4.79 Å². The molecule has 1 aromatic carbocycles. The lowest BCUT2D eigenvalue weighted by Crippen LogP contribution is -2.24. The number of fused-ring (bicyclic) bond motifs is 1. The molecule has 8 nitrogen and oxygen atoms in total. The number of ether oxygens (including phenoxy) is 2. The third-order valence-electron chi connectivity index (χ3n) is 5.14. The second-order valence-electron chi connectivity index (χ2n) is 7.17. The molecule has 0 aliphatic carbocycles. The molecule has 4 aromatic rings. The Balaban J connectivity index is 1.50. The van der Waals surface area contributed by atoms with Crippen molar-refractivity contribution in [2.75, 3.05) is 14.2 Å². The lowest BCUT2D eigenvalue weighted by atomic mass is 10.1. The van der Waals surface area contributed by atoms with Crippen molar-refractivity contribution in [2.45, 2.75) is 13.0 Å². The maximum Gasteiger partial charge on any atom is 0.244 e. The highest BCUT2D eigenvalue weighted by molar-refractivity contribution is 5.96. The first kappa shape index (κ1) is 21.0. The van der Waals surface area contributed by atoms with Gasteiger partial charge in [-0.3, -0.25) is 4.79 Å². The molecule has 8 heteroatoms. The van der Waals surface area contributed by atoms with Crippen molar-refractivity contribution < 1.29 is 14.3 Å². The Morgan fingerprint density at radius 3 is 2.59 bits per heavy atom. The van der Waals surface area contributed by atoms with E-state index in [2.05, 4.69) is 25.3 Å². The second-order valence-corrected chi connectivity index (χ2v) is 7.17. The number of amides is 1. The summed E-state index contributed by atoms with van der Waals surface area (Å²) in [5.74, 6) is 1.05. The smallest absolute Gasteiger partial charge is 0.244 e. The zero-order valence-corrected chi connectivity index (χ0v) is 18.0. The van der Waals surface area contributed by atoms with E-state index >= 15 is 0 Å². The molecular weight excluding hydrogens is 406 g/mol. The third kappa shape index (κ3) is 4.44. The molecule has 3 aromatic heterocycles. The van der Waals surface area contributed by atoms with Crippen LogP contribution in [0.3, 0.4) is 0 Å². The van der Waals surface area contributed by atoms with Gasteiger partial charge in [0.2, 0.25) is 5.91 Å². The summed E-state index contributed by atoms with van der Waals surface area (Å²) >= 11 is 0. The van der Waals surface area contributed by atoms with E-state index in [1.165, 1.54) is 12.4 Å². The summed E-state index contributed by atoms with van der Waals surface area (Å²) in [4.78, 5) is 28.2. The summed E-state index contributed by atoms with van der Waals surface area (Å²) in [7, 11) is 3.17. The predicted molar refractivity (Wildman–Crippen MR) is 122 cm³/mol. The molecule has 0 saturated heterocycles. The minimum absolute atomic E-state index is 0.206. The van der Waals surface area contributed by atoms with Crippen LogP contribution < -0.4 is 14.8 Å². The van der Waals surface area contributed by atoms with Crippen LogP contribution >= 0.6 is 0 Å². The van der Waals surface area contributed by atoms with Crippen LogP contribution in [0.4, 0.5) is 0 Å². The van der Waals surface area contributed by atoms with Crippen LogP contribution in [-0.4, -0.2) is 40.1 Å². The van der Waals surface area contributed by atoms with Crippen LogP contribution in [0.25, 0.3) is 28.2 Å². The van der Waals surface area contributed by atoms with Gasteiger partial charge in [0, 0.05) is 52.9 Å². The fourth-order valence-electron chi connectivity index (χ4n) is 3.40. The first-order chi connectivity index (χ1) is 15.6. The fourth-order valence-corrected chi connectivity index (χ4v) is 3.40. The van der Waals surface area contributed by atoms with Gasteiger partial charge in [-0.2, -0.15) is 0 Å². The van der Waals surface area contributed by atoms with Gasteiger partial charge in [0.05, 0.1) is 20.3 Å². The molecule has 0 saturated carbocycles. The number of hydrogen-bond donors (Lipinski definition) is 2. The third-order valence-corrected chi connectivity index (χ3v) is 5.14. The molecule has 0 aliphatic rings. The van der Waals surface area contributed by atoms with Crippen molar-refractivity contribution in [3.8, 4) is 22.6 Å². The van der Waals surface area contributed by atoms with E-state index in [1.54, 1.807) is 38.9 Å². The number of aromatic amines is 1. The van der Waals surface area contributed by atoms with Crippen LogP contribution in [0.5, 0.6) is 11.5 Å². The minimum atomic E-state index is -0.207. The van der Waals surface area contributed by atoms with E-state index in [-0.39, 0.29) is 11.9 Å². The highest BCUT2D eigenvalue weighted by Gasteiger charge is 2.12. The van der Waals surface area contributed by atoms with Gasteiger partial charge in [0.25, 0.3) is 0 Å². The summed E-state index contributed by atoms with van der Waals surface area (Å²) in [5, 5.41) is 3.87. The molecule has 0 fully saturated rings. The van der Waals surface area contributed by atoms with Gasteiger partial charge in [-0.05, 0) is 36.8 Å². The molecule has 0 aliphatic heterocycles. The second kappa shape index (κ2) is 9.30. The average molecular weight is 429 g/mol. The van der Waals surface area contributed by atoms with Crippen molar-refractivity contribution in [1.82, 2.24) is 25.3 Å². The van der Waals surface area contributed by atoms with Gasteiger partial charge in [-0.15, -0.1) is 0 Å². The number of aromatic nitrogens is 4. The number of pyridine rings is 1. The zero-order valence-electron chi connectivity index (χ0n) is 18.0. The van der Waals surface area contributed by atoms with E-state index in [0.29, 0.717) is 11.5 Å². The SMILES string of the molecule is COc1ccc([C@@H](C)NC(=O)/C=C/c2c[nH]c3ncc(-c4cncnc4)cc23)cc1OC. The van der Waals surface area contributed by atoms with Crippen LogP contribution in [0.15, 0.2) is 61.5 Å². The molecule has 0 unspecified atom stereocenters. The van der Waals surface area contributed by atoms with E-state index in [4.69, 9.17) is 9.47 Å². The molecule has 162 valence electrons. The van der Waals surface area contributed by atoms with Crippen LogP contribution in [-0.2, 0) is 4.79 Å². The van der Waals surface area contributed by atoms with Crippen LogP contribution in [0, 0.1) is 0 Å². The molecule has 4 rings (SSSR count). The lowest BCUT2D eigenvalue weighted by Gasteiger charge is -2.15. The Hall–Kier alpha value is -4.20. The highest BCUT2D eigenvalue weighted by Crippen LogP contribution is 2.30. The van der Waals surface area contributed by atoms with Gasteiger partial charge in [0.1, 0.15) is 12.0 Å². The monoisotopic (exact) mass is 429 g/mol. The number of nitrogens with one attached hydrogen (secondary N) is 2. The number of carbonyl (C=O) groups is 1. The Morgan fingerprint density at radius 2 is 1.84 bits per heavy atom. The molecule has 1 amide bonds. The van der Waals surface area contributed by atoms with Gasteiger partial charge in [0.15, 0.2) is 11.5 Å². The van der Waals surface area contributed by atoms with Crippen LogP contribution in [0.2, 0.25) is 0 Å². The van der Waals surface area contributed by atoms with Crippen molar-refractivity contribution in [2.24, 2.45) is 0 Å². The molecule has 2 N–H and O–H groups in total. The van der Waals surface area contributed by atoms with Crippen molar-refractivity contribution in [3.05, 3.63) is 72.6 Å². The van der Waals surface area contributed by atoms with Gasteiger partial charge in [-0.25, -0.2) is 15.0 Å². The lowest BCUT2D eigenvalue weighted by molar-refractivity contribution is -0.117. The Bertz CT molecular complexity index is 1270. The number of hydrogen-bond acceptors (Lipinski definition) is 6. The summed E-state index contributed by atoms with van der Waals surface area (Å²) < 4.78 is 10.6. The first-order valence-electron chi connectivity index (χ1n) is 10.0. The summed E-state index contributed by atoms with van der Waals surface area (Å²) in [5.41, 5.74) is 4.29. The number of carbonyl (C=O) groups excluding carboxylic acids is 1. The summed E-state index contributed by atoms with van der Waals surface area (Å²) in [6.45, 7) is 1.91. The van der Waals surface area contributed by atoms with Gasteiger partial charge in [-0.1, -0.05) is 6.07 Å².